The normalized spacial score (nSPS) is 14.9. The molecule has 9 heteroatoms. The van der Waals surface area contributed by atoms with E-state index in [0.29, 0.717) is 29.5 Å². The second-order valence-corrected chi connectivity index (χ2v) is 11.9. The third kappa shape index (κ3) is 5.12. The van der Waals surface area contributed by atoms with Crippen molar-refractivity contribution in [2.24, 2.45) is 5.73 Å². The Hall–Kier alpha value is -3.82. The maximum atomic E-state index is 12.9. The lowest BCUT2D eigenvalue weighted by atomic mass is 9.99. The van der Waals surface area contributed by atoms with Crippen molar-refractivity contribution in [1.82, 2.24) is 14.5 Å². The number of allylic oxidation sites excluding steroid dienone is 1. The number of aromatic nitrogens is 3. The number of hydrogen-bond donors (Lipinski definition) is 3. The number of aromatic amines is 1. The number of aliphatic hydroxyl groups is 1. The molecule has 0 amide bonds. The number of sulfone groups is 1. The van der Waals surface area contributed by atoms with E-state index in [1.165, 1.54) is 0 Å². The van der Waals surface area contributed by atoms with Gasteiger partial charge in [-0.1, -0.05) is 18.7 Å². The Kier molecular flexibility index (Phi) is 7.14. The molecule has 0 spiro atoms. The van der Waals surface area contributed by atoms with Gasteiger partial charge in [-0.05, 0) is 79.4 Å². The fourth-order valence-corrected chi connectivity index (χ4v) is 6.30. The number of imidazole rings is 1. The fraction of sp³-hybridized carbons (Fsp3) is 0.276. The standard InChI is InChI=1S/C29H32N4O4S/c1-19(15-30)13-26-20(2)32-29-27(37-12-4-11-33-16-22(17-34)31-18-33)10-9-25(28(26)29)21-5-3-6-24(14-21)38(35,36)23-7-8-23/h3,5-6,9-10,13-16,18,23,32,34H,2,4,7-8,11-12,17,30H2,1H3/b19-15-,26-13+. The predicted octanol–water partition coefficient (Wildman–Crippen LogP) is 2.98. The lowest BCUT2D eigenvalue weighted by molar-refractivity contribution is 0.277. The lowest BCUT2D eigenvalue weighted by Crippen LogP contribution is -2.21. The van der Waals surface area contributed by atoms with Gasteiger partial charge in [0, 0.05) is 28.7 Å². The van der Waals surface area contributed by atoms with Gasteiger partial charge in [0.2, 0.25) is 0 Å². The topological polar surface area (TPSA) is 123 Å². The third-order valence-electron chi connectivity index (χ3n) is 6.78. The highest BCUT2D eigenvalue weighted by molar-refractivity contribution is 7.92. The van der Waals surface area contributed by atoms with Crippen LogP contribution in [0, 0.1) is 0 Å². The van der Waals surface area contributed by atoms with Gasteiger partial charge in [0.1, 0.15) is 5.75 Å². The average Bonchev–Trinajstić information content (AvgIpc) is 3.61. The second-order valence-electron chi connectivity index (χ2n) is 9.67. The third-order valence-corrected chi connectivity index (χ3v) is 9.04. The molecule has 8 nitrogen and oxygen atoms in total. The summed E-state index contributed by atoms with van der Waals surface area (Å²) in [5.41, 5.74) is 9.77. The fourth-order valence-electron chi connectivity index (χ4n) is 4.60. The molecule has 0 unspecified atom stereocenters. The minimum Gasteiger partial charge on any atom is -0.491 e. The van der Waals surface area contributed by atoms with Crippen molar-refractivity contribution in [2.75, 3.05) is 6.61 Å². The van der Waals surface area contributed by atoms with Crippen molar-refractivity contribution in [1.29, 1.82) is 0 Å². The minimum atomic E-state index is -3.32. The van der Waals surface area contributed by atoms with Crippen LogP contribution in [0.3, 0.4) is 0 Å². The van der Waals surface area contributed by atoms with E-state index >= 15 is 0 Å². The number of ether oxygens (including phenoxy) is 1. The molecule has 1 aliphatic rings. The number of benzene rings is 2. The van der Waals surface area contributed by atoms with Gasteiger partial charge >= 0.3 is 0 Å². The highest BCUT2D eigenvalue weighted by Gasteiger charge is 2.36. The van der Waals surface area contributed by atoms with Crippen molar-refractivity contribution < 1.29 is 18.3 Å². The zero-order valence-electron chi connectivity index (χ0n) is 21.4. The molecule has 4 aromatic rings. The smallest absolute Gasteiger partial charge is 0.181 e. The maximum absolute atomic E-state index is 12.9. The molecule has 0 bridgehead atoms. The SMILES string of the molecule is C=c1[nH]c2c(OCCCn3cnc(CO)c3)ccc(-c3cccc(S(=O)(=O)C4CC4)c3)c2/c1=C/C(C)=C\N. The van der Waals surface area contributed by atoms with Crippen molar-refractivity contribution in [3.05, 3.63) is 77.0 Å². The van der Waals surface area contributed by atoms with E-state index in [-0.39, 0.29) is 11.9 Å². The van der Waals surface area contributed by atoms with E-state index in [4.69, 9.17) is 10.5 Å². The number of hydrogen-bond acceptors (Lipinski definition) is 6. The van der Waals surface area contributed by atoms with Crippen LogP contribution in [0.25, 0.3) is 34.7 Å². The minimum absolute atomic E-state index is 0.0817. The van der Waals surface area contributed by atoms with Crippen LogP contribution in [0.1, 0.15) is 31.9 Å². The molecule has 1 fully saturated rings. The van der Waals surface area contributed by atoms with Crippen LogP contribution < -0.4 is 21.0 Å². The molecule has 38 heavy (non-hydrogen) atoms. The first kappa shape index (κ1) is 25.8. The van der Waals surface area contributed by atoms with Crippen molar-refractivity contribution in [3.63, 3.8) is 0 Å². The van der Waals surface area contributed by atoms with Crippen LogP contribution in [0.4, 0.5) is 0 Å². The van der Waals surface area contributed by atoms with Gasteiger partial charge in [-0.15, -0.1) is 0 Å². The Balaban J connectivity index is 1.53. The van der Waals surface area contributed by atoms with Crippen LogP contribution in [0.5, 0.6) is 5.75 Å². The zero-order valence-corrected chi connectivity index (χ0v) is 22.2. The second kappa shape index (κ2) is 10.5. The van der Waals surface area contributed by atoms with Gasteiger partial charge in [0.05, 0.1) is 40.9 Å². The summed E-state index contributed by atoms with van der Waals surface area (Å²) in [5, 5.41) is 11.4. The molecule has 198 valence electrons. The average molecular weight is 533 g/mol. The number of fused-ring (bicyclic) bond motifs is 1. The molecule has 0 aliphatic heterocycles. The van der Waals surface area contributed by atoms with Crippen molar-refractivity contribution in [2.45, 2.75) is 49.5 Å². The quantitative estimate of drug-likeness (QED) is 0.270. The van der Waals surface area contributed by atoms with Crippen LogP contribution >= 0.6 is 0 Å². The number of aryl methyl sites for hydroxylation is 1. The summed E-state index contributed by atoms with van der Waals surface area (Å²) in [6.45, 7) is 7.24. The molecule has 2 heterocycles. The Morgan fingerprint density at radius 1 is 1.32 bits per heavy atom. The van der Waals surface area contributed by atoms with Gasteiger partial charge in [-0.25, -0.2) is 13.4 Å². The summed E-state index contributed by atoms with van der Waals surface area (Å²) in [5.74, 6) is 0.686. The lowest BCUT2D eigenvalue weighted by Gasteiger charge is -2.12. The molecule has 1 aliphatic carbocycles. The molecular formula is C29H32N4O4S. The molecule has 4 N–H and O–H groups in total. The largest absolute Gasteiger partial charge is 0.491 e. The van der Waals surface area contributed by atoms with E-state index < -0.39 is 9.84 Å². The number of aliphatic hydroxyl groups excluding tert-OH is 1. The van der Waals surface area contributed by atoms with E-state index in [1.807, 2.05) is 42.0 Å². The summed E-state index contributed by atoms with van der Waals surface area (Å²) in [6.07, 6.45) is 9.22. The van der Waals surface area contributed by atoms with E-state index in [1.54, 1.807) is 30.7 Å². The van der Waals surface area contributed by atoms with Gasteiger partial charge in [-0.2, -0.15) is 0 Å². The monoisotopic (exact) mass is 532 g/mol. The first-order valence-electron chi connectivity index (χ1n) is 12.6. The van der Waals surface area contributed by atoms with Gasteiger partial charge in [0.15, 0.2) is 9.84 Å². The summed E-state index contributed by atoms with van der Waals surface area (Å²) < 4.78 is 34.0. The van der Waals surface area contributed by atoms with E-state index in [2.05, 4.69) is 16.5 Å². The van der Waals surface area contributed by atoms with E-state index in [0.717, 1.165) is 57.4 Å². The number of nitrogens with zero attached hydrogens (tertiary/aromatic N) is 2. The Morgan fingerprint density at radius 3 is 2.84 bits per heavy atom. The summed E-state index contributed by atoms with van der Waals surface area (Å²) in [7, 11) is -3.32. The van der Waals surface area contributed by atoms with Crippen LogP contribution in [-0.2, 0) is 23.0 Å². The van der Waals surface area contributed by atoms with Crippen LogP contribution in [-0.4, -0.2) is 39.9 Å². The molecule has 0 saturated heterocycles. The first-order chi connectivity index (χ1) is 18.3. The predicted molar refractivity (Wildman–Crippen MR) is 149 cm³/mol. The van der Waals surface area contributed by atoms with Gasteiger partial charge in [-0.3, -0.25) is 0 Å². The van der Waals surface area contributed by atoms with Crippen molar-refractivity contribution in [3.8, 4) is 16.9 Å². The Bertz CT molecular complexity index is 1730. The van der Waals surface area contributed by atoms with E-state index in [9.17, 15) is 13.5 Å². The summed E-state index contributed by atoms with van der Waals surface area (Å²) in [4.78, 5) is 7.87. The number of H-pyrrole nitrogens is 1. The Labute approximate surface area is 221 Å². The molecule has 1 saturated carbocycles. The summed E-state index contributed by atoms with van der Waals surface area (Å²) >= 11 is 0. The highest BCUT2D eigenvalue weighted by Crippen LogP contribution is 2.36. The Morgan fingerprint density at radius 2 is 2.13 bits per heavy atom. The van der Waals surface area contributed by atoms with Crippen LogP contribution in [0.2, 0.25) is 0 Å². The number of rotatable bonds is 10. The molecule has 0 radical (unpaired) electrons. The molecule has 0 atom stereocenters. The number of nitrogens with two attached hydrogens (primary N) is 1. The molecular weight excluding hydrogens is 500 g/mol. The summed E-state index contributed by atoms with van der Waals surface area (Å²) in [6, 6.07) is 11.0. The molecule has 2 aromatic heterocycles. The van der Waals surface area contributed by atoms with Gasteiger partial charge < -0.3 is 25.1 Å². The molecule has 5 rings (SSSR count). The maximum Gasteiger partial charge on any atom is 0.181 e. The van der Waals surface area contributed by atoms with Crippen LogP contribution in [0.15, 0.2) is 65.6 Å². The van der Waals surface area contributed by atoms with Crippen molar-refractivity contribution >= 4 is 33.4 Å². The number of nitrogens with one attached hydrogen (secondary N) is 1. The first-order valence-corrected chi connectivity index (χ1v) is 14.2. The highest BCUT2D eigenvalue weighted by atomic mass is 32.2. The van der Waals surface area contributed by atoms with Gasteiger partial charge in [0.25, 0.3) is 0 Å². The zero-order chi connectivity index (χ0) is 26.9. The molecule has 2 aromatic carbocycles.